The Kier molecular flexibility index (Phi) is 4.32. The highest BCUT2D eigenvalue weighted by Gasteiger charge is 2.23. The third-order valence-corrected chi connectivity index (χ3v) is 4.12. The monoisotopic (exact) mass is 313 g/mol. The van der Waals surface area contributed by atoms with Crippen LogP contribution in [0.1, 0.15) is 0 Å². The van der Waals surface area contributed by atoms with E-state index in [9.17, 15) is 10.1 Å². The molecule has 6 nitrogen and oxygen atoms in total. The molecule has 0 amide bonds. The molecular weight excluding hydrogens is 294 g/mol. The van der Waals surface area contributed by atoms with Crippen molar-refractivity contribution in [2.75, 3.05) is 43.1 Å². The van der Waals surface area contributed by atoms with E-state index in [1.165, 1.54) is 0 Å². The summed E-state index contributed by atoms with van der Waals surface area (Å²) in [6.07, 6.45) is 0. The van der Waals surface area contributed by atoms with Crippen molar-refractivity contribution in [3.8, 4) is 5.75 Å². The van der Waals surface area contributed by atoms with Crippen LogP contribution in [0.2, 0.25) is 0 Å². The molecule has 0 unspecified atom stereocenters. The number of piperazine rings is 1. The zero-order valence-corrected chi connectivity index (χ0v) is 13.0. The fourth-order valence-electron chi connectivity index (χ4n) is 2.90. The summed E-state index contributed by atoms with van der Waals surface area (Å²) < 4.78 is 5.27. The molecule has 1 saturated heterocycles. The van der Waals surface area contributed by atoms with Crippen molar-refractivity contribution in [1.29, 1.82) is 0 Å². The van der Waals surface area contributed by atoms with Crippen molar-refractivity contribution in [3.05, 3.63) is 58.6 Å². The summed E-state index contributed by atoms with van der Waals surface area (Å²) in [6.45, 7) is 3.14. The highest BCUT2D eigenvalue weighted by Crippen LogP contribution is 2.29. The first-order valence-electron chi connectivity index (χ1n) is 7.56. The van der Waals surface area contributed by atoms with E-state index >= 15 is 0 Å². The molecule has 0 radical (unpaired) electrons. The predicted molar refractivity (Wildman–Crippen MR) is 90.5 cm³/mol. The lowest BCUT2D eigenvalue weighted by molar-refractivity contribution is -0.384. The zero-order chi connectivity index (χ0) is 16.2. The Morgan fingerprint density at radius 1 is 1.00 bits per heavy atom. The smallest absolute Gasteiger partial charge is 0.292 e. The minimum Gasteiger partial charge on any atom is -0.497 e. The van der Waals surface area contributed by atoms with Gasteiger partial charge >= 0.3 is 0 Å². The Labute approximate surface area is 135 Å². The lowest BCUT2D eigenvalue weighted by atomic mass is 10.2. The maximum atomic E-state index is 11.2. The molecule has 0 N–H and O–H groups in total. The number of rotatable bonds is 4. The molecule has 120 valence electrons. The zero-order valence-electron chi connectivity index (χ0n) is 13.0. The van der Waals surface area contributed by atoms with Gasteiger partial charge in [0.2, 0.25) is 0 Å². The summed E-state index contributed by atoms with van der Waals surface area (Å²) >= 11 is 0. The Balaban J connectivity index is 1.72. The molecule has 2 aromatic rings. The van der Waals surface area contributed by atoms with Crippen molar-refractivity contribution >= 4 is 17.1 Å². The van der Waals surface area contributed by atoms with Crippen LogP contribution >= 0.6 is 0 Å². The summed E-state index contributed by atoms with van der Waals surface area (Å²) in [4.78, 5) is 15.2. The summed E-state index contributed by atoms with van der Waals surface area (Å²) in [5.41, 5.74) is 1.98. The number of anilines is 2. The van der Waals surface area contributed by atoms with Crippen LogP contribution in [0, 0.1) is 10.1 Å². The molecule has 0 bridgehead atoms. The van der Waals surface area contributed by atoms with Crippen molar-refractivity contribution in [2.24, 2.45) is 0 Å². The van der Waals surface area contributed by atoms with E-state index in [1.54, 1.807) is 19.2 Å². The first-order chi connectivity index (χ1) is 11.2. The minimum absolute atomic E-state index is 0.169. The molecule has 1 heterocycles. The molecule has 0 saturated carbocycles. The van der Waals surface area contributed by atoms with Crippen molar-refractivity contribution in [2.45, 2.75) is 0 Å². The van der Waals surface area contributed by atoms with Gasteiger partial charge in [0.25, 0.3) is 5.69 Å². The molecule has 0 aromatic heterocycles. The highest BCUT2D eigenvalue weighted by molar-refractivity contribution is 5.64. The van der Waals surface area contributed by atoms with Gasteiger partial charge in [-0.2, -0.15) is 0 Å². The third-order valence-electron chi connectivity index (χ3n) is 4.12. The maximum Gasteiger partial charge on any atom is 0.292 e. The van der Waals surface area contributed by atoms with Gasteiger partial charge in [-0.3, -0.25) is 10.1 Å². The second-order valence-corrected chi connectivity index (χ2v) is 5.42. The van der Waals surface area contributed by atoms with Gasteiger partial charge in [-0.05, 0) is 18.2 Å². The maximum absolute atomic E-state index is 11.2. The lowest BCUT2D eigenvalue weighted by Crippen LogP contribution is -2.46. The molecule has 1 aliphatic heterocycles. The predicted octanol–water partition coefficient (Wildman–Crippen LogP) is 2.93. The van der Waals surface area contributed by atoms with Crippen LogP contribution in [-0.2, 0) is 0 Å². The number of nitro benzene ring substituents is 1. The first-order valence-corrected chi connectivity index (χ1v) is 7.56. The van der Waals surface area contributed by atoms with Crippen LogP contribution in [0.15, 0.2) is 48.5 Å². The van der Waals surface area contributed by atoms with E-state index in [0.717, 1.165) is 37.6 Å². The SMILES string of the molecule is COc1cccc(N2CCN(c3ccccc3[N+](=O)[O-])CC2)c1. The fraction of sp³-hybridized carbons (Fsp3) is 0.294. The van der Waals surface area contributed by atoms with Crippen molar-refractivity contribution < 1.29 is 9.66 Å². The summed E-state index contributed by atoms with van der Waals surface area (Å²) in [7, 11) is 1.66. The summed E-state index contributed by atoms with van der Waals surface area (Å²) in [5, 5.41) is 11.2. The number of nitro groups is 1. The number of hydrogen-bond donors (Lipinski definition) is 0. The van der Waals surface area contributed by atoms with Crippen LogP contribution in [0.25, 0.3) is 0 Å². The van der Waals surface area contributed by atoms with Crippen LogP contribution < -0.4 is 14.5 Å². The Morgan fingerprint density at radius 2 is 1.70 bits per heavy atom. The average molecular weight is 313 g/mol. The topological polar surface area (TPSA) is 58.8 Å². The third kappa shape index (κ3) is 3.21. The number of hydrogen-bond acceptors (Lipinski definition) is 5. The van der Waals surface area contributed by atoms with Gasteiger partial charge in [-0.25, -0.2) is 0 Å². The van der Waals surface area contributed by atoms with E-state index < -0.39 is 0 Å². The van der Waals surface area contributed by atoms with Gasteiger partial charge in [0.15, 0.2) is 0 Å². The minimum atomic E-state index is -0.316. The van der Waals surface area contributed by atoms with Gasteiger partial charge in [0.05, 0.1) is 12.0 Å². The molecule has 23 heavy (non-hydrogen) atoms. The molecule has 6 heteroatoms. The highest BCUT2D eigenvalue weighted by atomic mass is 16.6. The van der Waals surface area contributed by atoms with Crippen molar-refractivity contribution in [1.82, 2.24) is 0 Å². The number of para-hydroxylation sites is 2. The molecule has 0 atom stereocenters. The number of ether oxygens (including phenoxy) is 1. The number of methoxy groups -OCH3 is 1. The van der Waals surface area contributed by atoms with Crippen LogP contribution in [-0.4, -0.2) is 38.2 Å². The standard InChI is InChI=1S/C17H19N3O3/c1-23-15-6-4-5-14(13-15)18-9-11-19(12-10-18)16-7-2-3-8-17(16)20(21)22/h2-8,13H,9-12H2,1H3. The Morgan fingerprint density at radius 3 is 2.39 bits per heavy atom. The molecule has 3 rings (SSSR count). The quantitative estimate of drug-likeness (QED) is 0.641. The van der Waals surface area contributed by atoms with Gasteiger partial charge in [-0.15, -0.1) is 0 Å². The second kappa shape index (κ2) is 6.56. The Hall–Kier alpha value is -2.76. The van der Waals surface area contributed by atoms with Gasteiger partial charge < -0.3 is 14.5 Å². The second-order valence-electron chi connectivity index (χ2n) is 5.42. The molecule has 1 aliphatic rings. The van der Waals surface area contributed by atoms with Gasteiger partial charge in [-0.1, -0.05) is 18.2 Å². The van der Waals surface area contributed by atoms with Crippen molar-refractivity contribution in [3.63, 3.8) is 0 Å². The lowest BCUT2D eigenvalue weighted by Gasteiger charge is -2.37. The number of nitrogens with zero attached hydrogens (tertiary/aromatic N) is 3. The van der Waals surface area contributed by atoms with Crippen LogP contribution in [0.5, 0.6) is 5.75 Å². The molecule has 1 fully saturated rings. The van der Waals surface area contributed by atoms with E-state index in [4.69, 9.17) is 4.74 Å². The fourth-order valence-corrected chi connectivity index (χ4v) is 2.90. The van der Waals surface area contributed by atoms with Gasteiger partial charge in [0.1, 0.15) is 11.4 Å². The average Bonchev–Trinajstić information content (AvgIpc) is 2.62. The van der Waals surface area contributed by atoms with Gasteiger partial charge in [0, 0.05) is 44.0 Å². The first kappa shape index (κ1) is 15.1. The van der Waals surface area contributed by atoms with Crippen LogP contribution in [0.3, 0.4) is 0 Å². The molecule has 0 spiro atoms. The molecule has 2 aromatic carbocycles. The normalized spacial score (nSPS) is 14.7. The van der Waals surface area contributed by atoms with E-state index in [1.807, 2.05) is 30.3 Å². The molecular formula is C17H19N3O3. The van der Waals surface area contributed by atoms with E-state index in [0.29, 0.717) is 5.69 Å². The Bertz CT molecular complexity index is 697. The van der Waals surface area contributed by atoms with E-state index in [2.05, 4.69) is 15.9 Å². The molecule has 0 aliphatic carbocycles. The largest absolute Gasteiger partial charge is 0.497 e. The summed E-state index contributed by atoms with van der Waals surface area (Å²) in [6, 6.07) is 14.9. The number of benzene rings is 2. The van der Waals surface area contributed by atoms with Crippen LogP contribution in [0.4, 0.5) is 17.1 Å². The summed E-state index contributed by atoms with van der Waals surface area (Å²) in [5.74, 6) is 0.837. The van der Waals surface area contributed by atoms with E-state index in [-0.39, 0.29) is 10.6 Å².